The van der Waals surface area contributed by atoms with Gasteiger partial charge in [0.15, 0.2) is 17.2 Å². The number of hydrogen-bond donors (Lipinski definition) is 13. The molecule has 0 saturated heterocycles. The first kappa shape index (κ1) is 74.5. The lowest BCUT2D eigenvalue weighted by Gasteiger charge is -2.15. The van der Waals surface area contributed by atoms with Gasteiger partial charge in [-0.15, -0.1) is 49.6 Å². The predicted molar refractivity (Wildman–Crippen MR) is 326 cm³/mol. The first-order valence-electron chi connectivity index (χ1n) is 24.7. The van der Waals surface area contributed by atoms with E-state index in [2.05, 4.69) is 64.8 Å². The van der Waals surface area contributed by atoms with Gasteiger partial charge < -0.3 is 30.9 Å². The maximum atomic E-state index is 13.3. The first-order chi connectivity index (χ1) is 45.5. The van der Waals surface area contributed by atoms with E-state index < -0.39 is 232 Å². The van der Waals surface area contributed by atoms with E-state index in [4.69, 9.17) is 37.1 Å². The van der Waals surface area contributed by atoms with E-state index in [1.165, 1.54) is 0 Å². The van der Waals surface area contributed by atoms with Crippen molar-refractivity contribution in [1.29, 1.82) is 0 Å². The van der Waals surface area contributed by atoms with Crippen molar-refractivity contribution in [2.45, 2.75) is 40.7 Å². The van der Waals surface area contributed by atoms with Gasteiger partial charge in [0.2, 0.25) is 17.3 Å². The number of ether oxygens (including phenoxy) is 1. The predicted octanol–water partition coefficient (Wildman–Crippen LogP) is 9.55. The summed E-state index contributed by atoms with van der Waals surface area (Å²) in [7, 11) is -31.9. The quantitative estimate of drug-likeness (QED) is 0.00333. The topological polar surface area (TPSA) is 697 Å². The van der Waals surface area contributed by atoms with Crippen LogP contribution in [-0.4, -0.2) is 142 Å². The normalized spacial score (nSPS) is 12.9. The smallest absolute Gasteiger partial charge is 0.358 e. The van der Waals surface area contributed by atoms with Gasteiger partial charge in [0.1, 0.15) is 59.4 Å². The number of halogens is 1. The molecule has 0 bridgehead atoms. The second-order valence-corrected chi connectivity index (χ2v) is 29.0. The third kappa shape index (κ3) is 16.6. The monoisotopic (exact) mass is 1540 g/mol. The van der Waals surface area contributed by atoms with E-state index in [9.17, 15) is 109 Å². The lowest BCUT2D eigenvalue weighted by molar-refractivity contribution is -0.432. The van der Waals surface area contributed by atoms with E-state index in [0.29, 0.717) is 28.9 Å². The second kappa shape index (κ2) is 28.7. The van der Waals surface area contributed by atoms with Gasteiger partial charge in [-0.05, 0) is 79.2 Å². The average molecular weight is 1550 g/mol. The minimum atomic E-state index is -5.82. The maximum Gasteiger partial charge on any atom is 0.358 e. The summed E-state index contributed by atoms with van der Waals surface area (Å²) in [4.78, 5) is 16.4. The molecule has 1 heterocycles. The molecule has 0 atom stereocenters. The van der Waals surface area contributed by atoms with Crippen LogP contribution in [-0.2, 0) is 79.5 Å². The molecule has 0 aliphatic rings. The number of phenolic OH excluding ortho intramolecular Hbond substituents is 2. The highest BCUT2D eigenvalue weighted by molar-refractivity contribution is 7.95. The molecule has 7 aromatic carbocycles. The van der Waals surface area contributed by atoms with Crippen LogP contribution in [0, 0.1) is 10.1 Å². The molecule has 98 heavy (non-hydrogen) atoms. The highest BCUT2D eigenvalue weighted by atomic mass is 35.5. The Morgan fingerprint density at radius 2 is 1.18 bits per heavy atom. The third-order valence-electron chi connectivity index (χ3n) is 12.4. The number of carboxylic acid groups (broad SMARTS) is 1. The minimum Gasteiger partial charge on any atom is -0.505 e. The number of nitrogen functional groups attached to an aromatic ring is 1. The Morgan fingerprint density at radius 1 is 0.602 bits per heavy atom. The molecule has 44 nitrogen and oxygen atoms in total. The SMILES string of the molecule is Nc1c(N=Nc2ccc3c(O)c(N=Nc4cc(N=Nc5c(C(=O)O)nn(-c6ccc(S(=O)(=O)O)cc6)c5O)c(S(=O)(=O)O)cc4Cl)c(S(=O)(=O)O)cc3c2S(=O)(=O)O)cc(S(=O)(=O)O)c2cc(SOOO)c(N=Nc3cc(SOOO)cc([N+](=O)[O-])c3OCCCS(=O)(=O)O)c(O)c12. The third-order valence-corrected chi connectivity index (χ3v) is 19.1. The fourth-order valence-electron chi connectivity index (χ4n) is 8.38. The molecule has 0 spiro atoms. The Morgan fingerprint density at radius 3 is 1.77 bits per heavy atom. The van der Waals surface area contributed by atoms with Gasteiger partial charge in [0.05, 0.1) is 72.9 Å². The molecule has 0 unspecified atom stereocenters. The van der Waals surface area contributed by atoms with E-state index in [0.717, 1.165) is 48.5 Å². The van der Waals surface area contributed by atoms with Crippen LogP contribution < -0.4 is 10.5 Å². The molecule has 1 aromatic heterocycles. The number of aromatic hydroxyl groups is 3. The van der Waals surface area contributed by atoms with Crippen molar-refractivity contribution < 1.29 is 142 Å². The lowest BCUT2D eigenvalue weighted by atomic mass is 10.0. The van der Waals surface area contributed by atoms with Crippen LogP contribution >= 0.6 is 35.7 Å². The number of aromatic nitrogens is 2. The van der Waals surface area contributed by atoms with Gasteiger partial charge in [-0.2, -0.15) is 60.3 Å². The average Bonchev–Trinajstić information content (AvgIpc) is 0.917. The number of hydrogen-bond acceptors (Lipinski definition) is 37. The number of carboxylic acids is 1. The summed E-state index contributed by atoms with van der Waals surface area (Å²) in [6, 6.07) is 9.06. The molecule has 520 valence electrons. The number of azo groups is 4. The first-order valence-corrected chi connectivity index (χ1v) is 35.4. The molecule has 0 aliphatic carbocycles. The number of fused-ring (bicyclic) bond motifs is 2. The zero-order chi connectivity index (χ0) is 72.5. The van der Waals surface area contributed by atoms with Gasteiger partial charge in [-0.3, -0.25) is 37.4 Å². The Bertz CT molecular complexity index is 5510. The van der Waals surface area contributed by atoms with Crippen LogP contribution in [0.4, 0.5) is 56.9 Å². The Balaban J connectivity index is 1.25. The number of aromatic carboxylic acids is 1. The Hall–Kier alpha value is -9.25. The van der Waals surface area contributed by atoms with E-state index in [1.54, 1.807) is 0 Å². The molecular weight excluding hydrogens is 1510 g/mol. The molecule has 0 aliphatic heterocycles. The van der Waals surface area contributed by atoms with Crippen LogP contribution in [0.5, 0.6) is 23.1 Å². The molecule has 8 aromatic rings. The summed E-state index contributed by atoms with van der Waals surface area (Å²) >= 11 is 6.32. The van der Waals surface area contributed by atoms with Crippen molar-refractivity contribution >= 4 is 181 Å². The Kier molecular flexibility index (Phi) is 21.8. The summed E-state index contributed by atoms with van der Waals surface area (Å²) in [5, 5.41) is 110. The highest BCUT2D eigenvalue weighted by Gasteiger charge is 2.32. The van der Waals surface area contributed by atoms with Gasteiger partial charge in [0, 0.05) is 27.1 Å². The number of nitro benzene ring substituents is 1. The lowest BCUT2D eigenvalue weighted by Crippen LogP contribution is -2.09. The molecule has 0 fully saturated rings. The van der Waals surface area contributed by atoms with Crippen LogP contribution in [0.3, 0.4) is 0 Å². The van der Waals surface area contributed by atoms with E-state index in [1.807, 2.05) is 0 Å². The number of nitro groups is 1. The fourth-order valence-corrected chi connectivity index (χ4v) is 13.3. The second-order valence-electron chi connectivity index (χ2n) is 18.5. The van der Waals surface area contributed by atoms with Gasteiger partial charge >= 0.3 is 11.7 Å². The van der Waals surface area contributed by atoms with Gasteiger partial charge in [0.25, 0.3) is 60.7 Å². The van der Waals surface area contributed by atoms with E-state index in [-0.39, 0.29) is 40.7 Å². The molecule has 14 N–H and O–H groups in total. The number of nitrogens with zero attached hydrogens (tertiary/aromatic N) is 11. The highest BCUT2D eigenvalue weighted by Crippen LogP contribution is 2.52. The zero-order valence-corrected chi connectivity index (χ0v) is 54.1. The summed E-state index contributed by atoms with van der Waals surface area (Å²) in [6.07, 6.45) is -0.484. The van der Waals surface area contributed by atoms with Crippen LogP contribution in [0.2, 0.25) is 5.02 Å². The number of anilines is 1. The summed E-state index contributed by atoms with van der Waals surface area (Å²) in [5.74, 6) is -7.41. The van der Waals surface area contributed by atoms with Crippen molar-refractivity contribution in [2.24, 2.45) is 40.9 Å². The molecule has 0 amide bonds. The number of benzene rings is 7. The number of nitrogens with two attached hydrogens (primary N) is 1. The summed E-state index contributed by atoms with van der Waals surface area (Å²) < 4.78 is 225. The zero-order valence-electron chi connectivity index (χ0n) is 46.8. The number of phenols is 2. The Labute approximate surface area is 557 Å². The molecular formula is C45H33ClN12O32S8. The van der Waals surface area contributed by atoms with Crippen LogP contribution in [0.15, 0.2) is 154 Å². The number of rotatable bonds is 27. The molecule has 0 radical (unpaired) electrons. The fraction of sp³-hybridized carbons (Fsp3) is 0.0667. The van der Waals surface area contributed by atoms with Crippen molar-refractivity contribution in [3.63, 3.8) is 0 Å². The molecule has 53 heteroatoms. The van der Waals surface area contributed by atoms with Gasteiger partial charge in [-0.25, -0.2) is 15.3 Å². The summed E-state index contributed by atoms with van der Waals surface area (Å²) in [5.41, 5.74) is -4.47. The van der Waals surface area contributed by atoms with E-state index >= 15 is 0 Å². The van der Waals surface area contributed by atoms with Crippen molar-refractivity contribution in [3.8, 4) is 28.8 Å². The summed E-state index contributed by atoms with van der Waals surface area (Å²) in [6.45, 7) is -0.669. The largest absolute Gasteiger partial charge is 0.505 e. The molecule has 0 saturated carbocycles. The van der Waals surface area contributed by atoms with Crippen molar-refractivity contribution in [1.82, 2.24) is 9.78 Å². The number of carbonyl (C=O) groups is 1. The maximum absolute atomic E-state index is 13.3. The van der Waals surface area contributed by atoms with Crippen LogP contribution in [0.25, 0.3) is 27.2 Å². The van der Waals surface area contributed by atoms with Crippen molar-refractivity contribution in [3.05, 3.63) is 99.7 Å². The van der Waals surface area contributed by atoms with Crippen molar-refractivity contribution in [2.75, 3.05) is 18.1 Å². The van der Waals surface area contributed by atoms with Gasteiger partial charge in [-0.1, -0.05) is 21.7 Å². The standard InChI is InChI=1S/C45H33ClN12O32S8/c46-23-14-32(96(77,78)79)26(50-55-38-39(45(62)63)56-57(44(38)61)17-2-4-19(5-3-17)94(71,72)73)15-25(23)49-54-37-33(97(80,81)82)13-21-20(40(37)59)6-7-24(43(21)98(83,84)85)48-51-27-16-31(95(74,75)76)22-12-30(92-90-88-67)36(41(60)34(22)35(27)47)53-52-28-10-18(91-89-87-66)11-29(58(64)65)42(28)86-8-1-9-93(68,69)70/h2-7,10-16,59-61,66-67H,1,8-9,47H2,(H,62,63)(H,68,69,70)(H,71,72,73)(H,74,75,76)(H,77,78,79)(H,80,81,82)(H,83,84,85). The molecule has 8 rings (SSSR count). The minimum absolute atomic E-state index is 0.0618. The van der Waals surface area contributed by atoms with Crippen LogP contribution in [0.1, 0.15) is 16.9 Å².